The quantitative estimate of drug-likeness (QED) is 0.312. The minimum absolute atomic E-state index is 0.117. The summed E-state index contributed by atoms with van der Waals surface area (Å²) in [6.07, 6.45) is -3.36. The second-order valence-electron chi connectivity index (χ2n) is 9.54. The first-order valence-electron chi connectivity index (χ1n) is 12.3. The Hall–Kier alpha value is -3.02. The summed E-state index contributed by atoms with van der Waals surface area (Å²) < 4.78 is 39.3. The lowest BCUT2D eigenvalue weighted by Gasteiger charge is -2.32. The topological polar surface area (TPSA) is 131 Å². The number of piperidine rings is 1. The van der Waals surface area contributed by atoms with Crippen molar-refractivity contribution in [3.63, 3.8) is 0 Å². The van der Waals surface area contributed by atoms with Gasteiger partial charge in [-0.15, -0.1) is 0 Å². The van der Waals surface area contributed by atoms with E-state index in [-0.39, 0.29) is 24.4 Å². The van der Waals surface area contributed by atoms with E-state index in [1.165, 1.54) is 0 Å². The summed E-state index contributed by atoms with van der Waals surface area (Å²) in [7, 11) is 0. The highest BCUT2D eigenvalue weighted by atomic mass is 35.5. The van der Waals surface area contributed by atoms with Crippen LogP contribution < -0.4 is 22.1 Å². The van der Waals surface area contributed by atoms with Gasteiger partial charge in [0.25, 0.3) is 5.91 Å². The van der Waals surface area contributed by atoms with Gasteiger partial charge in [0.15, 0.2) is 0 Å². The zero-order chi connectivity index (χ0) is 28.7. The Morgan fingerprint density at radius 2 is 1.74 bits per heavy atom. The Morgan fingerprint density at radius 3 is 2.36 bits per heavy atom. The second-order valence-corrected chi connectivity index (χ2v) is 10.4. The molecule has 0 spiro atoms. The number of primary amides is 1. The predicted molar refractivity (Wildman–Crippen MR) is 143 cm³/mol. The SMILES string of the molecule is NC(=O)CC[C@H](NC(=O)c1cc(C(F)(F)F)ccc1N)C(=O)NCC1CCN(Cc2ccc(Cl)c(Cl)c2)CC1. The molecule has 0 aliphatic carbocycles. The number of rotatable bonds is 10. The zero-order valence-electron chi connectivity index (χ0n) is 21.0. The van der Waals surface area contributed by atoms with E-state index in [0.717, 1.165) is 50.2 Å². The molecule has 2 aromatic carbocycles. The minimum atomic E-state index is -4.68. The zero-order valence-corrected chi connectivity index (χ0v) is 22.5. The number of nitrogens with two attached hydrogens (primary N) is 2. The highest BCUT2D eigenvalue weighted by Gasteiger charge is 2.32. The van der Waals surface area contributed by atoms with Gasteiger partial charge < -0.3 is 22.1 Å². The number of benzene rings is 2. The summed E-state index contributed by atoms with van der Waals surface area (Å²) in [5, 5.41) is 6.20. The van der Waals surface area contributed by atoms with Crippen LogP contribution in [0.3, 0.4) is 0 Å². The third kappa shape index (κ3) is 9.01. The molecule has 1 fully saturated rings. The van der Waals surface area contributed by atoms with E-state index in [9.17, 15) is 27.6 Å². The van der Waals surface area contributed by atoms with Crippen molar-refractivity contribution >= 4 is 46.6 Å². The molecule has 1 saturated heterocycles. The number of anilines is 1. The molecule has 0 radical (unpaired) electrons. The van der Waals surface area contributed by atoms with Gasteiger partial charge >= 0.3 is 6.18 Å². The van der Waals surface area contributed by atoms with E-state index < -0.39 is 41.1 Å². The molecule has 0 saturated carbocycles. The van der Waals surface area contributed by atoms with Crippen LogP contribution in [0.2, 0.25) is 10.0 Å². The Labute approximate surface area is 234 Å². The van der Waals surface area contributed by atoms with Crippen LogP contribution >= 0.6 is 23.2 Å². The van der Waals surface area contributed by atoms with Crippen LogP contribution in [0.1, 0.15) is 47.2 Å². The van der Waals surface area contributed by atoms with E-state index in [2.05, 4.69) is 15.5 Å². The van der Waals surface area contributed by atoms with Gasteiger partial charge in [-0.05, 0) is 74.2 Å². The summed E-state index contributed by atoms with van der Waals surface area (Å²) >= 11 is 12.1. The van der Waals surface area contributed by atoms with Gasteiger partial charge in [0.2, 0.25) is 11.8 Å². The van der Waals surface area contributed by atoms with Crippen LogP contribution in [0.4, 0.5) is 18.9 Å². The summed E-state index contributed by atoms with van der Waals surface area (Å²) in [6, 6.07) is 6.70. The molecule has 13 heteroatoms. The average Bonchev–Trinajstić information content (AvgIpc) is 2.87. The van der Waals surface area contributed by atoms with Crippen LogP contribution in [0, 0.1) is 5.92 Å². The number of hydrogen-bond donors (Lipinski definition) is 4. The Morgan fingerprint density at radius 1 is 1.05 bits per heavy atom. The van der Waals surface area contributed by atoms with E-state index in [0.29, 0.717) is 22.7 Å². The summed E-state index contributed by atoms with van der Waals surface area (Å²) in [5.74, 6) is -2.02. The van der Waals surface area contributed by atoms with Crippen LogP contribution in [-0.2, 0) is 22.3 Å². The van der Waals surface area contributed by atoms with E-state index in [1.807, 2.05) is 12.1 Å². The van der Waals surface area contributed by atoms with E-state index in [4.69, 9.17) is 34.7 Å². The number of nitrogens with zero attached hydrogens (tertiary/aromatic N) is 1. The predicted octanol–water partition coefficient (Wildman–Crippen LogP) is 3.99. The molecule has 39 heavy (non-hydrogen) atoms. The number of nitrogen functional groups attached to an aromatic ring is 1. The number of amides is 3. The average molecular weight is 588 g/mol. The molecular formula is C26H30Cl2F3N5O3. The standard InChI is InChI=1S/C26H30Cl2F3N5O3/c27-19-3-1-16(11-20(19)28)14-36-9-7-15(8-10-36)13-34-25(39)22(5-6-23(33)37)35-24(38)18-12-17(26(29,30)31)2-4-21(18)32/h1-4,11-12,15,22H,5-10,13-14,32H2,(H2,33,37)(H,34,39)(H,35,38)/t22-/m0/s1. The molecule has 1 heterocycles. The number of nitrogens with one attached hydrogen (secondary N) is 2. The summed E-state index contributed by atoms with van der Waals surface area (Å²) in [4.78, 5) is 39.3. The normalized spacial score (nSPS) is 15.5. The third-order valence-corrected chi connectivity index (χ3v) is 7.33. The van der Waals surface area contributed by atoms with Crippen molar-refractivity contribution < 1.29 is 27.6 Å². The first-order chi connectivity index (χ1) is 18.3. The molecule has 212 valence electrons. The van der Waals surface area contributed by atoms with Gasteiger partial charge in [-0.25, -0.2) is 0 Å². The minimum Gasteiger partial charge on any atom is -0.398 e. The fourth-order valence-electron chi connectivity index (χ4n) is 4.33. The van der Waals surface area contributed by atoms with Gasteiger partial charge in [0.05, 0.1) is 21.2 Å². The molecule has 2 aromatic rings. The van der Waals surface area contributed by atoms with Gasteiger partial charge in [-0.3, -0.25) is 19.3 Å². The third-order valence-electron chi connectivity index (χ3n) is 6.59. The molecule has 8 nitrogen and oxygen atoms in total. The molecule has 3 rings (SSSR count). The lowest BCUT2D eigenvalue weighted by Crippen LogP contribution is -2.49. The van der Waals surface area contributed by atoms with Crippen LogP contribution in [0.15, 0.2) is 36.4 Å². The van der Waals surface area contributed by atoms with Crippen molar-refractivity contribution in [1.82, 2.24) is 15.5 Å². The molecule has 0 bridgehead atoms. The number of halogens is 5. The fraction of sp³-hybridized carbons (Fsp3) is 0.423. The number of alkyl halides is 3. The van der Waals surface area contributed by atoms with Crippen LogP contribution in [-0.4, -0.2) is 48.3 Å². The summed E-state index contributed by atoms with van der Waals surface area (Å²) in [6.45, 7) is 2.67. The van der Waals surface area contributed by atoms with Gasteiger partial charge in [0.1, 0.15) is 6.04 Å². The number of hydrogen-bond acceptors (Lipinski definition) is 5. The van der Waals surface area contributed by atoms with Crippen LogP contribution in [0.25, 0.3) is 0 Å². The highest BCUT2D eigenvalue weighted by Crippen LogP contribution is 2.31. The Bertz CT molecular complexity index is 1200. The molecule has 1 atom stereocenters. The Kier molecular flexibility index (Phi) is 10.5. The first-order valence-corrected chi connectivity index (χ1v) is 13.1. The molecule has 1 aliphatic heterocycles. The van der Waals surface area contributed by atoms with Crippen molar-refractivity contribution in [2.45, 2.75) is 44.4 Å². The van der Waals surface area contributed by atoms with Gasteiger partial charge in [-0.1, -0.05) is 29.3 Å². The van der Waals surface area contributed by atoms with Crippen molar-refractivity contribution in [3.05, 3.63) is 63.1 Å². The first kappa shape index (κ1) is 30.5. The largest absolute Gasteiger partial charge is 0.416 e. The van der Waals surface area contributed by atoms with Crippen LogP contribution in [0.5, 0.6) is 0 Å². The molecule has 0 unspecified atom stereocenters. The fourth-order valence-corrected chi connectivity index (χ4v) is 4.65. The molecule has 0 aromatic heterocycles. The van der Waals surface area contributed by atoms with Gasteiger partial charge in [-0.2, -0.15) is 13.2 Å². The maximum absolute atomic E-state index is 13.1. The van der Waals surface area contributed by atoms with Crippen molar-refractivity contribution in [2.24, 2.45) is 11.7 Å². The maximum Gasteiger partial charge on any atom is 0.416 e. The number of likely N-dealkylation sites (tertiary alicyclic amines) is 1. The molecule has 3 amide bonds. The second kappa shape index (κ2) is 13.4. The molecule has 6 N–H and O–H groups in total. The lowest BCUT2D eigenvalue weighted by molar-refractivity contribution is -0.137. The summed E-state index contributed by atoms with van der Waals surface area (Å²) in [5.41, 5.74) is 10.3. The Balaban J connectivity index is 1.56. The van der Waals surface area contributed by atoms with E-state index >= 15 is 0 Å². The van der Waals surface area contributed by atoms with Crippen molar-refractivity contribution in [2.75, 3.05) is 25.4 Å². The smallest absolute Gasteiger partial charge is 0.398 e. The van der Waals surface area contributed by atoms with Crippen molar-refractivity contribution in [3.8, 4) is 0 Å². The van der Waals surface area contributed by atoms with Crippen molar-refractivity contribution in [1.29, 1.82) is 0 Å². The maximum atomic E-state index is 13.1. The lowest BCUT2D eigenvalue weighted by atomic mass is 9.96. The highest BCUT2D eigenvalue weighted by molar-refractivity contribution is 6.42. The monoisotopic (exact) mass is 587 g/mol. The molecule has 1 aliphatic rings. The molecular weight excluding hydrogens is 558 g/mol. The number of carbonyl (C=O) groups is 3. The van der Waals surface area contributed by atoms with E-state index in [1.54, 1.807) is 6.07 Å². The number of carbonyl (C=O) groups excluding carboxylic acids is 3. The van der Waals surface area contributed by atoms with Gasteiger partial charge in [0, 0.05) is 25.2 Å².